The summed E-state index contributed by atoms with van der Waals surface area (Å²) in [5, 5.41) is 0. The Hall–Kier alpha value is -2.37. The molecule has 4 nitrogen and oxygen atoms in total. The first kappa shape index (κ1) is 12.1. The van der Waals surface area contributed by atoms with Crippen molar-refractivity contribution >= 4 is 5.91 Å². The van der Waals surface area contributed by atoms with Crippen LogP contribution in [-0.4, -0.2) is 15.9 Å². The maximum atomic E-state index is 13.6. The van der Waals surface area contributed by atoms with E-state index in [2.05, 4.69) is 9.97 Å². The third kappa shape index (κ3) is 2.32. The van der Waals surface area contributed by atoms with Crippen molar-refractivity contribution in [1.82, 2.24) is 9.97 Å². The van der Waals surface area contributed by atoms with Crippen LogP contribution in [0.3, 0.4) is 0 Å². The number of rotatable bonds is 2. The molecule has 18 heavy (non-hydrogen) atoms. The van der Waals surface area contributed by atoms with E-state index in [4.69, 9.17) is 5.73 Å². The summed E-state index contributed by atoms with van der Waals surface area (Å²) >= 11 is 0. The number of nitrogens with zero attached hydrogens (tertiary/aromatic N) is 2. The van der Waals surface area contributed by atoms with Gasteiger partial charge in [-0.3, -0.25) is 4.79 Å². The van der Waals surface area contributed by atoms with Crippen molar-refractivity contribution in [3.63, 3.8) is 0 Å². The fraction of sp³-hybridized carbons (Fsp3) is 0.0833. The highest BCUT2D eigenvalue weighted by atomic mass is 19.1. The molecule has 1 aromatic carbocycles. The first-order chi connectivity index (χ1) is 8.47. The molecule has 0 atom stereocenters. The van der Waals surface area contributed by atoms with E-state index in [0.717, 1.165) is 18.2 Å². The van der Waals surface area contributed by atoms with Gasteiger partial charge in [0, 0.05) is 11.3 Å². The zero-order valence-corrected chi connectivity index (χ0v) is 9.45. The molecule has 0 radical (unpaired) electrons. The molecule has 0 aliphatic rings. The normalized spacial score (nSPS) is 10.4. The Morgan fingerprint density at radius 3 is 2.61 bits per heavy atom. The van der Waals surface area contributed by atoms with Gasteiger partial charge in [-0.1, -0.05) is 0 Å². The van der Waals surface area contributed by atoms with E-state index in [9.17, 15) is 13.6 Å². The Balaban J connectivity index is 2.63. The smallest absolute Gasteiger partial charge is 0.286 e. The number of amides is 1. The molecule has 92 valence electrons. The minimum atomic E-state index is -0.822. The molecular weight excluding hydrogens is 240 g/mol. The SMILES string of the molecule is Cc1cc(-c2cc(F)ccc2F)nc(C(N)=O)n1. The predicted molar refractivity (Wildman–Crippen MR) is 60.6 cm³/mol. The first-order valence-electron chi connectivity index (χ1n) is 5.08. The Labute approximate surface area is 101 Å². The summed E-state index contributed by atoms with van der Waals surface area (Å²) in [6.45, 7) is 1.61. The molecule has 1 amide bonds. The highest BCUT2D eigenvalue weighted by molar-refractivity contribution is 5.89. The van der Waals surface area contributed by atoms with Gasteiger partial charge in [-0.05, 0) is 31.2 Å². The number of aryl methyl sites for hydroxylation is 1. The van der Waals surface area contributed by atoms with E-state index < -0.39 is 17.5 Å². The molecule has 2 N–H and O–H groups in total. The fourth-order valence-corrected chi connectivity index (χ4v) is 1.51. The van der Waals surface area contributed by atoms with Crippen molar-refractivity contribution in [2.45, 2.75) is 6.92 Å². The maximum absolute atomic E-state index is 13.6. The van der Waals surface area contributed by atoms with E-state index in [1.165, 1.54) is 6.07 Å². The monoisotopic (exact) mass is 249 g/mol. The van der Waals surface area contributed by atoms with Crippen LogP contribution in [0.1, 0.15) is 16.3 Å². The zero-order chi connectivity index (χ0) is 13.3. The van der Waals surface area contributed by atoms with Crippen molar-refractivity contribution in [2.24, 2.45) is 5.73 Å². The average molecular weight is 249 g/mol. The lowest BCUT2D eigenvalue weighted by atomic mass is 10.1. The van der Waals surface area contributed by atoms with Crippen molar-refractivity contribution in [2.75, 3.05) is 0 Å². The quantitative estimate of drug-likeness (QED) is 0.882. The van der Waals surface area contributed by atoms with Crippen molar-refractivity contribution in [1.29, 1.82) is 0 Å². The highest BCUT2D eigenvalue weighted by Gasteiger charge is 2.12. The molecule has 1 aromatic heterocycles. The van der Waals surface area contributed by atoms with Crippen molar-refractivity contribution < 1.29 is 13.6 Å². The highest BCUT2D eigenvalue weighted by Crippen LogP contribution is 2.22. The summed E-state index contributed by atoms with van der Waals surface area (Å²) in [7, 11) is 0. The second kappa shape index (κ2) is 4.48. The van der Waals surface area contributed by atoms with E-state index in [1.807, 2.05) is 0 Å². The number of halogens is 2. The molecule has 0 spiro atoms. The van der Waals surface area contributed by atoms with Gasteiger partial charge in [-0.2, -0.15) is 0 Å². The topological polar surface area (TPSA) is 68.9 Å². The molecule has 0 saturated carbocycles. The third-order valence-corrected chi connectivity index (χ3v) is 2.28. The second-order valence-electron chi connectivity index (χ2n) is 3.71. The Morgan fingerprint density at radius 2 is 1.94 bits per heavy atom. The van der Waals surface area contributed by atoms with Gasteiger partial charge in [-0.15, -0.1) is 0 Å². The van der Waals surface area contributed by atoms with E-state index in [-0.39, 0.29) is 17.1 Å². The fourth-order valence-electron chi connectivity index (χ4n) is 1.51. The number of hydrogen-bond acceptors (Lipinski definition) is 3. The van der Waals surface area contributed by atoms with Crippen LogP contribution >= 0.6 is 0 Å². The number of aromatic nitrogens is 2. The summed E-state index contributed by atoms with van der Waals surface area (Å²) in [5.74, 6) is -2.28. The van der Waals surface area contributed by atoms with Crippen LogP contribution in [0.4, 0.5) is 8.78 Å². The molecule has 0 saturated heterocycles. The molecule has 0 aliphatic heterocycles. The van der Waals surface area contributed by atoms with Crippen LogP contribution in [0.25, 0.3) is 11.3 Å². The Kier molecular flexibility index (Phi) is 3.01. The summed E-state index contributed by atoms with van der Waals surface area (Å²) in [6, 6.07) is 4.44. The van der Waals surface area contributed by atoms with Crippen LogP contribution in [0.15, 0.2) is 24.3 Å². The zero-order valence-electron chi connectivity index (χ0n) is 9.45. The molecule has 2 aromatic rings. The lowest BCUT2D eigenvalue weighted by Crippen LogP contribution is -2.16. The summed E-state index contributed by atoms with van der Waals surface area (Å²) < 4.78 is 26.7. The standard InChI is InChI=1S/C12H9F2N3O/c1-6-4-10(17-12(16-6)11(15)18)8-5-7(13)2-3-9(8)14/h2-5H,1H3,(H2,15,18). The number of hydrogen-bond donors (Lipinski definition) is 1. The van der Waals surface area contributed by atoms with Gasteiger partial charge in [0.05, 0.1) is 5.69 Å². The van der Waals surface area contributed by atoms with Gasteiger partial charge in [0.25, 0.3) is 5.91 Å². The number of carbonyl (C=O) groups is 1. The van der Waals surface area contributed by atoms with Crippen LogP contribution in [-0.2, 0) is 0 Å². The molecule has 2 rings (SSSR count). The van der Waals surface area contributed by atoms with E-state index in [0.29, 0.717) is 5.69 Å². The van der Waals surface area contributed by atoms with Gasteiger partial charge in [0.2, 0.25) is 5.82 Å². The number of carbonyl (C=O) groups excluding carboxylic acids is 1. The number of nitrogens with two attached hydrogens (primary N) is 1. The molecule has 0 aliphatic carbocycles. The van der Waals surface area contributed by atoms with Gasteiger partial charge >= 0.3 is 0 Å². The summed E-state index contributed by atoms with van der Waals surface area (Å²) in [4.78, 5) is 18.6. The van der Waals surface area contributed by atoms with Crippen molar-refractivity contribution in [3.05, 3.63) is 47.4 Å². The Morgan fingerprint density at radius 1 is 1.22 bits per heavy atom. The summed E-state index contributed by atoms with van der Waals surface area (Å²) in [5.41, 5.74) is 5.59. The van der Waals surface area contributed by atoms with Gasteiger partial charge < -0.3 is 5.73 Å². The lowest BCUT2D eigenvalue weighted by molar-refractivity contribution is 0.0990. The van der Waals surface area contributed by atoms with Crippen LogP contribution in [0.5, 0.6) is 0 Å². The number of benzene rings is 1. The van der Waals surface area contributed by atoms with E-state index in [1.54, 1.807) is 6.92 Å². The second-order valence-corrected chi connectivity index (χ2v) is 3.71. The van der Waals surface area contributed by atoms with Gasteiger partial charge in [-0.25, -0.2) is 18.7 Å². The van der Waals surface area contributed by atoms with Crippen LogP contribution in [0.2, 0.25) is 0 Å². The third-order valence-electron chi connectivity index (χ3n) is 2.28. The first-order valence-corrected chi connectivity index (χ1v) is 5.08. The molecule has 0 bridgehead atoms. The lowest BCUT2D eigenvalue weighted by Gasteiger charge is -2.05. The molecule has 0 unspecified atom stereocenters. The maximum Gasteiger partial charge on any atom is 0.286 e. The van der Waals surface area contributed by atoms with E-state index >= 15 is 0 Å². The minimum absolute atomic E-state index is 0.0389. The average Bonchev–Trinajstić information content (AvgIpc) is 2.31. The molecular formula is C12H9F2N3O. The molecule has 1 heterocycles. The van der Waals surface area contributed by atoms with Gasteiger partial charge in [0.15, 0.2) is 0 Å². The minimum Gasteiger partial charge on any atom is -0.363 e. The Bertz CT molecular complexity index is 629. The van der Waals surface area contributed by atoms with Crippen LogP contribution < -0.4 is 5.73 Å². The predicted octanol–water partition coefficient (Wildman–Crippen LogP) is 1.83. The van der Waals surface area contributed by atoms with Crippen molar-refractivity contribution in [3.8, 4) is 11.3 Å². The van der Waals surface area contributed by atoms with Gasteiger partial charge in [0.1, 0.15) is 11.6 Å². The largest absolute Gasteiger partial charge is 0.363 e. The molecule has 6 heteroatoms. The summed E-state index contributed by atoms with van der Waals surface area (Å²) in [6.07, 6.45) is 0. The number of primary amides is 1. The van der Waals surface area contributed by atoms with Crippen LogP contribution in [0, 0.1) is 18.6 Å². The molecule has 0 fully saturated rings.